The molecule has 3 aromatic heterocycles. The van der Waals surface area contributed by atoms with E-state index in [0.29, 0.717) is 40.4 Å². The number of phenols is 1. The number of hydrogen-bond acceptors (Lipinski definition) is 7. The number of imidazole rings is 1. The molecule has 0 saturated carbocycles. The van der Waals surface area contributed by atoms with Gasteiger partial charge in [-0.05, 0) is 63.3 Å². The second kappa shape index (κ2) is 10.4. The van der Waals surface area contributed by atoms with Gasteiger partial charge in [0, 0.05) is 38.5 Å². The number of pyridine rings is 2. The van der Waals surface area contributed by atoms with E-state index >= 15 is 0 Å². The number of nitrogens with zero attached hydrogens (tertiary/aromatic N) is 6. The van der Waals surface area contributed by atoms with Gasteiger partial charge in [-0.25, -0.2) is 15.0 Å². The van der Waals surface area contributed by atoms with E-state index in [9.17, 15) is 9.90 Å². The number of amides is 1. The van der Waals surface area contributed by atoms with E-state index in [0.717, 1.165) is 48.8 Å². The van der Waals surface area contributed by atoms with Crippen LogP contribution in [-0.2, 0) is 20.0 Å². The monoisotopic (exact) mass is 513 g/mol. The zero-order valence-corrected chi connectivity index (χ0v) is 22.7. The molecule has 1 aromatic carbocycles. The van der Waals surface area contributed by atoms with E-state index in [1.165, 1.54) is 0 Å². The van der Waals surface area contributed by atoms with Crippen LogP contribution in [0.2, 0.25) is 0 Å². The maximum atomic E-state index is 13.7. The predicted octanol–water partition coefficient (Wildman–Crippen LogP) is 3.99. The van der Waals surface area contributed by atoms with Crippen LogP contribution in [0, 0.1) is 6.92 Å². The van der Waals surface area contributed by atoms with Gasteiger partial charge < -0.3 is 24.8 Å². The van der Waals surface area contributed by atoms with Gasteiger partial charge in [-0.3, -0.25) is 4.79 Å². The Labute approximate surface area is 223 Å². The van der Waals surface area contributed by atoms with Crippen LogP contribution in [0.25, 0.3) is 22.3 Å². The normalized spacial score (nSPS) is 15.8. The summed E-state index contributed by atoms with van der Waals surface area (Å²) < 4.78 is 2.03. The Morgan fingerprint density at radius 3 is 2.66 bits per heavy atom. The van der Waals surface area contributed by atoms with Crippen LogP contribution in [-0.4, -0.2) is 73.6 Å². The summed E-state index contributed by atoms with van der Waals surface area (Å²) >= 11 is 0. The topological polar surface area (TPSA) is 99.4 Å². The number of rotatable bonds is 7. The van der Waals surface area contributed by atoms with E-state index in [-0.39, 0.29) is 11.7 Å². The van der Waals surface area contributed by atoms with E-state index in [2.05, 4.69) is 29.2 Å². The molecular formula is C29H35N7O2. The third kappa shape index (κ3) is 5.06. The molecule has 9 heteroatoms. The number of likely N-dealkylation sites (tertiary alicyclic amines) is 1. The van der Waals surface area contributed by atoms with Crippen molar-refractivity contribution < 1.29 is 9.90 Å². The van der Waals surface area contributed by atoms with Crippen LogP contribution in [0.1, 0.15) is 40.9 Å². The Morgan fingerprint density at radius 2 is 1.97 bits per heavy atom. The van der Waals surface area contributed by atoms with Crippen LogP contribution in [0.5, 0.6) is 5.75 Å². The van der Waals surface area contributed by atoms with E-state index in [4.69, 9.17) is 9.97 Å². The maximum absolute atomic E-state index is 13.7. The molecule has 0 aliphatic carbocycles. The molecule has 5 rings (SSSR count). The number of benzene rings is 1. The lowest BCUT2D eigenvalue weighted by molar-refractivity contribution is 0.0784. The highest BCUT2D eigenvalue weighted by atomic mass is 16.3. The molecule has 1 fully saturated rings. The smallest absolute Gasteiger partial charge is 0.254 e. The van der Waals surface area contributed by atoms with Crippen molar-refractivity contribution in [3.63, 3.8) is 0 Å². The molecule has 0 bridgehead atoms. The summed E-state index contributed by atoms with van der Waals surface area (Å²) in [7, 11) is 5.88. The average Bonchev–Trinajstić information content (AvgIpc) is 3.48. The van der Waals surface area contributed by atoms with Crippen molar-refractivity contribution in [3.05, 3.63) is 65.4 Å². The van der Waals surface area contributed by atoms with Gasteiger partial charge in [0.1, 0.15) is 11.6 Å². The molecule has 1 atom stereocenters. The third-order valence-electron chi connectivity index (χ3n) is 7.36. The molecule has 1 unspecified atom stereocenters. The minimum atomic E-state index is -0.163. The lowest BCUT2D eigenvalue weighted by Gasteiger charge is -2.20. The van der Waals surface area contributed by atoms with Gasteiger partial charge in [-0.2, -0.15) is 0 Å². The van der Waals surface area contributed by atoms with Crippen molar-refractivity contribution in [1.29, 1.82) is 0 Å². The first-order valence-corrected chi connectivity index (χ1v) is 13.0. The Hall–Kier alpha value is -3.98. The van der Waals surface area contributed by atoms with Gasteiger partial charge in [0.25, 0.3) is 5.91 Å². The standard InChI is InChI=1S/C29H35N7O2/c1-6-28-30-15-20(36(28)5)17-35(4)29(38)23-14-27(33-25-8-7-21(37)13-22(23)25)26-10-9-24(18(2)31-26)32-19-11-12-34(3)16-19/h7-10,13-15,19,32,37H,6,11-12,16-17H2,1-5H3. The summed E-state index contributed by atoms with van der Waals surface area (Å²) in [4.78, 5) is 31.8. The van der Waals surface area contributed by atoms with Crippen molar-refractivity contribution in [2.45, 2.75) is 39.3 Å². The van der Waals surface area contributed by atoms with Crippen LogP contribution in [0.3, 0.4) is 0 Å². The Morgan fingerprint density at radius 1 is 1.16 bits per heavy atom. The molecule has 1 aliphatic rings. The van der Waals surface area contributed by atoms with Crippen LogP contribution in [0.4, 0.5) is 5.69 Å². The molecule has 2 N–H and O–H groups in total. The largest absolute Gasteiger partial charge is 0.508 e. The van der Waals surface area contributed by atoms with Gasteiger partial charge in [-0.1, -0.05) is 6.92 Å². The first-order valence-electron chi connectivity index (χ1n) is 13.0. The summed E-state index contributed by atoms with van der Waals surface area (Å²) in [5.41, 5.74) is 5.26. The fourth-order valence-electron chi connectivity index (χ4n) is 5.13. The zero-order chi connectivity index (χ0) is 27.0. The number of carbonyl (C=O) groups is 1. The van der Waals surface area contributed by atoms with E-state index in [1.54, 1.807) is 36.2 Å². The molecule has 0 spiro atoms. The van der Waals surface area contributed by atoms with Crippen LogP contribution in [0.15, 0.2) is 42.6 Å². The van der Waals surface area contributed by atoms with Gasteiger partial charge in [0.2, 0.25) is 0 Å². The highest BCUT2D eigenvalue weighted by molar-refractivity contribution is 6.07. The molecule has 1 aliphatic heterocycles. The number of fused-ring (bicyclic) bond motifs is 1. The lowest BCUT2D eigenvalue weighted by Crippen LogP contribution is -2.27. The van der Waals surface area contributed by atoms with Gasteiger partial charge >= 0.3 is 0 Å². The zero-order valence-electron chi connectivity index (χ0n) is 22.7. The van der Waals surface area contributed by atoms with Gasteiger partial charge in [0.15, 0.2) is 0 Å². The quantitative estimate of drug-likeness (QED) is 0.385. The first kappa shape index (κ1) is 25.7. The SMILES string of the molecule is CCc1ncc(CN(C)C(=O)c2cc(-c3ccc(NC4CCN(C)C4)c(C)n3)nc3ccc(O)cc23)n1C. The van der Waals surface area contributed by atoms with Crippen molar-refractivity contribution in [2.75, 3.05) is 32.5 Å². The van der Waals surface area contributed by atoms with Crippen molar-refractivity contribution in [1.82, 2.24) is 29.3 Å². The number of anilines is 1. The van der Waals surface area contributed by atoms with Gasteiger partial charge in [-0.15, -0.1) is 0 Å². The van der Waals surface area contributed by atoms with Crippen molar-refractivity contribution >= 4 is 22.5 Å². The summed E-state index contributed by atoms with van der Waals surface area (Å²) in [6, 6.07) is 11.1. The summed E-state index contributed by atoms with van der Waals surface area (Å²) in [6.45, 7) is 6.56. The molecular weight excluding hydrogens is 478 g/mol. The highest BCUT2D eigenvalue weighted by Crippen LogP contribution is 2.29. The van der Waals surface area contributed by atoms with Crippen LogP contribution >= 0.6 is 0 Å². The Balaban J connectivity index is 1.48. The fourth-order valence-corrected chi connectivity index (χ4v) is 5.13. The summed E-state index contributed by atoms with van der Waals surface area (Å²) in [5.74, 6) is 0.899. The number of aromatic hydroxyl groups is 1. The minimum Gasteiger partial charge on any atom is -0.508 e. The second-order valence-corrected chi connectivity index (χ2v) is 10.2. The molecule has 198 valence electrons. The maximum Gasteiger partial charge on any atom is 0.254 e. The summed E-state index contributed by atoms with van der Waals surface area (Å²) in [6.07, 6.45) is 3.75. The third-order valence-corrected chi connectivity index (χ3v) is 7.36. The molecule has 1 amide bonds. The average molecular weight is 514 g/mol. The number of nitrogens with one attached hydrogen (secondary N) is 1. The van der Waals surface area contributed by atoms with Crippen molar-refractivity contribution in [3.8, 4) is 17.1 Å². The fraction of sp³-hybridized carbons (Fsp3) is 0.379. The molecule has 4 aromatic rings. The second-order valence-electron chi connectivity index (χ2n) is 10.2. The number of aryl methyl sites for hydroxylation is 2. The van der Waals surface area contributed by atoms with E-state index in [1.807, 2.05) is 36.9 Å². The molecule has 1 saturated heterocycles. The molecule has 4 heterocycles. The number of phenolic OH excluding ortho intramolecular Hbond substituents is 1. The van der Waals surface area contributed by atoms with Gasteiger partial charge in [0.05, 0.1) is 52.3 Å². The van der Waals surface area contributed by atoms with Crippen molar-refractivity contribution in [2.24, 2.45) is 7.05 Å². The first-order chi connectivity index (χ1) is 18.2. The number of likely N-dealkylation sites (N-methyl/N-ethyl adjacent to an activating group) is 1. The highest BCUT2D eigenvalue weighted by Gasteiger charge is 2.22. The molecule has 0 radical (unpaired) electrons. The Bertz CT molecular complexity index is 1500. The lowest BCUT2D eigenvalue weighted by atomic mass is 10.0. The minimum absolute atomic E-state index is 0.0879. The predicted molar refractivity (Wildman–Crippen MR) is 149 cm³/mol. The van der Waals surface area contributed by atoms with Crippen LogP contribution < -0.4 is 5.32 Å². The molecule has 9 nitrogen and oxygen atoms in total. The summed E-state index contributed by atoms with van der Waals surface area (Å²) in [5, 5.41) is 14.4. The molecule has 38 heavy (non-hydrogen) atoms. The number of aromatic nitrogens is 4. The Kier molecular flexibility index (Phi) is 7.03. The van der Waals surface area contributed by atoms with E-state index < -0.39 is 0 Å². The number of carbonyl (C=O) groups excluding carboxylic acids is 1. The number of hydrogen-bond donors (Lipinski definition) is 2.